The number of aromatic nitrogens is 1. The predicted molar refractivity (Wildman–Crippen MR) is 58.2 cm³/mol. The van der Waals surface area contributed by atoms with Crippen molar-refractivity contribution in [1.29, 1.82) is 0 Å². The van der Waals surface area contributed by atoms with Crippen LogP contribution in [0.4, 0.5) is 0 Å². The topological polar surface area (TPSA) is 47.3 Å². The van der Waals surface area contributed by atoms with E-state index in [-0.39, 0.29) is 0 Å². The van der Waals surface area contributed by atoms with Crippen LogP contribution in [0.5, 0.6) is 5.75 Å². The Kier molecular flexibility index (Phi) is 2.87. The number of benzene rings is 1. The maximum atomic E-state index is 5.29. The lowest BCUT2D eigenvalue weighted by Crippen LogP contribution is -2.09. The van der Waals surface area contributed by atoms with Crippen molar-refractivity contribution >= 4 is 10.9 Å². The van der Waals surface area contributed by atoms with Gasteiger partial charge in [-0.3, -0.25) is 0 Å². The fourth-order valence-electron chi connectivity index (χ4n) is 1.57. The van der Waals surface area contributed by atoms with E-state index in [4.69, 9.17) is 9.26 Å². The Bertz CT molecular complexity index is 451. The van der Waals surface area contributed by atoms with Crippen LogP contribution in [-0.4, -0.2) is 25.9 Å². The van der Waals surface area contributed by atoms with Crippen LogP contribution < -0.4 is 10.1 Å². The van der Waals surface area contributed by atoms with Crippen LogP contribution >= 0.6 is 0 Å². The van der Waals surface area contributed by atoms with Crippen molar-refractivity contribution in [2.24, 2.45) is 0 Å². The molecule has 0 fully saturated rings. The van der Waals surface area contributed by atoms with E-state index in [0.29, 0.717) is 0 Å². The minimum Gasteiger partial charge on any atom is -0.494 e. The first-order valence-electron chi connectivity index (χ1n) is 4.92. The highest BCUT2D eigenvalue weighted by Gasteiger charge is 2.10. The molecule has 0 bridgehead atoms. The van der Waals surface area contributed by atoms with Gasteiger partial charge in [0.25, 0.3) is 0 Å². The molecule has 2 aromatic rings. The number of nitrogens with zero attached hydrogens (tertiary/aromatic N) is 1. The van der Waals surface area contributed by atoms with E-state index in [1.807, 2.05) is 25.2 Å². The number of methoxy groups -OCH3 is 1. The molecule has 80 valence electrons. The molecule has 0 amide bonds. The summed E-state index contributed by atoms with van der Waals surface area (Å²) < 4.78 is 10.5. The Balaban J connectivity index is 2.42. The van der Waals surface area contributed by atoms with Crippen LogP contribution in [0.25, 0.3) is 10.9 Å². The van der Waals surface area contributed by atoms with E-state index < -0.39 is 0 Å². The second-order valence-corrected chi connectivity index (χ2v) is 3.32. The van der Waals surface area contributed by atoms with E-state index in [9.17, 15) is 0 Å². The van der Waals surface area contributed by atoms with Gasteiger partial charge in [0.2, 0.25) is 0 Å². The highest BCUT2D eigenvalue weighted by Crippen LogP contribution is 2.26. The predicted octanol–water partition coefficient (Wildman–Crippen LogP) is 1.60. The Morgan fingerprint density at radius 3 is 3.07 bits per heavy atom. The van der Waals surface area contributed by atoms with Crippen molar-refractivity contribution in [2.45, 2.75) is 6.42 Å². The second-order valence-electron chi connectivity index (χ2n) is 3.32. The van der Waals surface area contributed by atoms with Gasteiger partial charge in [-0.2, -0.15) is 0 Å². The highest BCUT2D eigenvalue weighted by atomic mass is 16.5. The summed E-state index contributed by atoms with van der Waals surface area (Å²) in [4.78, 5) is 0. The van der Waals surface area contributed by atoms with Crippen LogP contribution in [0, 0.1) is 0 Å². The summed E-state index contributed by atoms with van der Waals surface area (Å²) in [6.45, 7) is 0.876. The standard InChI is InChI=1S/C11H14N2O2/c1-12-7-6-9-8-4-3-5-10(14-2)11(8)13-15-9/h3-5,12H,6-7H2,1-2H3. The average molecular weight is 206 g/mol. The lowest BCUT2D eigenvalue weighted by molar-refractivity contribution is 0.382. The third kappa shape index (κ3) is 1.80. The summed E-state index contributed by atoms with van der Waals surface area (Å²) in [5, 5.41) is 8.13. The molecule has 0 atom stereocenters. The van der Waals surface area contributed by atoms with Crippen molar-refractivity contribution in [2.75, 3.05) is 20.7 Å². The molecular formula is C11H14N2O2. The number of hydrogen-bond acceptors (Lipinski definition) is 4. The monoisotopic (exact) mass is 206 g/mol. The fraction of sp³-hybridized carbons (Fsp3) is 0.364. The SMILES string of the molecule is CNCCc1onc2c(OC)cccc12. The highest BCUT2D eigenvalue weighted by molar-refractivity contribution is 5.85. The van der Waals surface area contributed by atoms with Crippen LogP contribution in [0.1, 0.15) is 5.76 Å². The number of rotatable bonds is 4. The summed E-state index contributed by atoms with van der Waals surface area (Å²) in [6, 6.07) is 5.83. The van der Waals surface area contributed by atoms with Crippen LogP contribution in [0.15, 0.2) is 22.7 Å². The molecule has 1 heterocycles. The molecule has 4 nitrogen and oxygen atoms in total. The molecule has 1 N–H and O–H groups in total. The Morgan fingerprint density at radius 2 is 2.33 bits per heavy atom. The first-order chi connectivity index (χ1) is 7.36. The number of fused-ring (bicyclic) bond motifs is 1. The first kappa shape index (κ1) is 9.98. The molecule has 1 aromatic heterocycles. The minimum absolute atomic E-state index is 0.756. The lowest BCUT2D eigenvalue weighted by Gasteiger charge is -1.98. The van der Waals surface area contributed by atoms with Crippen molar-refractivity contribution in [1.82, 2.24) is 10.5 Å². The summed E-state index contributed by atoms with van der Waals surface area (Å²) in [6.07, 6.45) is 0.833. The second kappa shape index (κ2) is 4.31. The molecule has 2 rings (SSSR count). The lowest BCUT2D eigenvalue weighted by atomic mass is 10.1. The molecule has 0 saturated heterocycles. The van der Waals surface area contributed by atoms with Crippen molar-refractivity contribution < 1.29 is 9.26 Å². The van der Waals surface area contributed by atoms with E-state index >= 15 is 0 Å². The molecule has 0 aliphatic heterocycles. The van der Waals surface area contributed by atoms with Gasteiger partial charge in [0.15, 0.2) is 5.52 Å². The van der Waals surface area contributed by atoms with E-state index in [2.05, 4.69) is 10.5 Å². The molecule has 0 radical (unpaired) electrons. The molecule has 0 aliphatic carbocycles. The zero-order valence-electron chi connectivity index (χ0n) is 8.91. The van der Waals surface area contributed by atoms with E-state index in [0.717, 1.165) is 35.4 Å². The molecule has 0 unspecified atom stereocenters. The van der Waals surface area contributed by atoms with Crippen LogP contribution in [0.3, 0.4) is 0 Å². The number of ether oxygens (including phenoxy) is 1. The smallest absolute Gasteiger partial charge is 0.156 e. The van der Waals surface area contributed by atoms with Gasteiger partial charge in [-0.15, -0.1) is 0 Å². The van der Waals surface area contributed by atoms with Gasteiger partial charge in [0.1, 0.15) is 11.5 Å². The molecule has 4 heteroatoms. The largest absolute Gasteiger partial charge is 0.494 e. The minimum atomic E-state index is 0.756. The maximum Gasteiger partial charge on any atom is 0.156 e. The summed E-state index contributed by atoms with van der Waals surface area (Å²) in [7, 11) is 3.55. The zero-order chi connectivity index (χ0) is 10.7. The van der Waals surface area contributed by atoms with Gasteiger partial charge in [-0.1, -0.05) is 11.2 Å². The van der Waals surface area contributed by atoms with Gasteiger partial charge in [-0.25, -0.2) is 0 Å². The van der Waals surface area contributed by atoms with Gasteiger partial charge in [-0.05, 0) is 19.2 Å². The normalized spacial score (nSPS) is 10.8. The van der Waals surface area contributed by atoms with E-state index in [1.54, 1.807) is 7.11 Å². The molecule has 0 aliphatic rings. The molecule has 15 heavy (non-hydrogen) atoms. The van der Waals surface area contributed by atoms with E-state index in [1.165, 1.54) is 0 Å². The van der Waals surface area contributed by atoms with Gasteiger partial charge < -0.3 is 14.6 Å². The Morgan fingerprint density at radius 1 is 1.47 bits per heavy atom. The van der Waals surface area contributed by atoms with Crippen LogP contribution in [-0.2, 0) is 6.42 Å². The van der Waals surface area contributed by atoms with Crippen molar-refractivity contribution in [3.05, 3.63) is 24.0 Å². The van der Waals surface area contributed by atoms with Crippen molar-refractivity contribution in [3.63, 3.8) is 0 Å². The first-order valence-corrected chi connectivity index (χ1v) is 4.92. The molecular weight excluding hydrogens is 192 g/mol. The number of likely N-dealkylation sites (N-methyl/N-ethyl adjacent to an activating group) is 1. The Hall–Kier alpha value is -1.55. The van der Waals surface area contributed by atoms with Gasteiger partial charge in [0.05, 0.1) is 7.11 Å². The fourth-order valence-corrected chi connectivity index (χ4v) is 1.57. The third-order valence-corrected chi connectivity index (χ3v) is 2.37. The Labute approximate surface area is 88.2 Å². The van der Waals surface area contributed by atoms with Gasteiger partial charge in [0, 0.05) is 18.4 Å². The number of nitrogens with one attached hydrogen (secondary N) is 1. The summed E-state index contributed by atoms with van der Waals surface area (Å²) >= 11 is 0. The molecule has 0 saturated carbocycles. The quantitative estimate of drug-likeness (QED) is 0.825. The third-order valence-electron chi connectivity index (χ3n) is 2.37. The molecule has 1 aromatic carbocycles. The van der Waals surface area contributed by atoms with Crippen molar-refractivity contribution in [3.8, 4) is 5.75 Å². The maximum absolute atomic E-state index is 5.29. The molecule has 0 spiro atoms. The summed E-state index contributed by atoms with van der Waals surface area (Å²) in [5.74, 6) is 1.66. The van der Waals surface area contributed by atoms with Gasteiger partial charge >= 0.3 is 0 Å². The average Bonchev–Trinajstić information content (AvgIpc) is 2.69. The van der Waals surface area contributed by atoms with Crippen LogP contribution in [0.2, 0.25) is 0 Å². The summed E-state index contributed by atoms with van der Waals surface area (Å²) in [5.41, 5.74) is 0.797. The number of hydrogen-bond donors (Lipinski definition) is 1. The zero-order valence-corrected chi connectivity index (χ0v) is 8.91.